The molecule has 0 bridgehead atoms. The van der Waals surface area contributed by atoms with E-state index in [0.29, 0.717) is 36.2 Å². The first-order chi connectivity index (χ1) is 14.9. The molecule has 10 heteroatoms. The van der Waals surface area contributed by atoms with Crippen LogP contribution in [0.3, 0.4) is 0 Å². The molecule has 166 valence electrons. The van der Waals surface area contributed by atoms with Crippen molar-refractivity contribution in [2.45, 2.75) is 31.1 Å². The van der Waals surface area contributed by atoms with Crippen molar-refractivity contribution in [2.24, 2.45) is 0 Å². The summed E-state index contributed by atoms with van der Waals surface area (Å²) in [5, 5.41) is 9.64. The molecule has 0 radical (unpaired) electrons. The number of aliphatic hydroxyl groups is 1. The lowest BCUT2D eigenvalue weighted by molar-refractivity contribution is 0.0624. The first kappa shape index (κ1) is 21.8. The fraction of sp³-hybridized carbons (Fsp3) is 0.476. The number of aliphatic hydroxyl groups excluding tert-OH is 1. The summed E-state index contributed by atoms with van der Waals surface area (Å²) < 4.78 is 32.8. The summed E-state index contributed by atoms with van der Waals surface area (Å²) in [4.78, 5) is 31.7. The van der Waals surface area contributed by atoms with Gasteiger partial charge in [-0.2, -0.15) is 4.31 Å². The molecule has 2 amide bonds. The van der Waals surface area contributed by atoms with Crippen LogP contribution in [0.4, 0.5) is 0 Å². The Bertz CT molecular complexity index is 1140. The number of β-amino-alcohol motifs (C(OH)–C–C–N with tert-alkyl or cyclic N) is 1. The van der Waals surface area contributed by atoms with E-state index < -0.39 is 21.8 Å². The maximum atomic E-state index is 13.1. The van der Waals surface area contributed by atoms with E-state index in [1.807, 2.05) is 6.92 Å². The maximum absolute atomic E-state index is 13.1. The van der Waals surface area contributed by atoms with Gasteiger partial charge in [0.15, 0.2) is 0 Å². The molecule has 3 heterocycles. The van der Waals surface area contributed by atoms with Gasteiger partial charge in [0, 0.05) is 18.5 Å². The Morgan fingerprint density at radius 1 is 1.13 bits per heavy atom. The van der Waals surface area contributed by atoms with Crippen molar-refractivity contribution in [1.29, 1.82) is 0 Å². The average Bonchev–Trinajstić information content (AvgIpc) is 3.03. The standard InChI is InChI=1S/C21H25N3O6S/c1-2-3-4-17-19-18(20(26)24(7-10-25)21(19)27)15-13-14(5-6-16(15)22-17)31(28,29)23-8-11-30-12-9-23/h5-6,13,25H,2-4,7-12H2,1H3. The summed E-state index contributed by atoms with van der Waals surface area (Å²) >= 11 is 0. The molecule has 2 aliphatic rings. The second kappa shape index (κ2) is 8.62. The van der Waals surface area contributed by atoms with Crippen molar-refractivity contribution in [3.8, 4) is 0 Å². The lowest BCUT2D eigenvalue weighted by Gasteiger charge is -2.26. The first-order valence-corrected chi connectivity index (χ1v) is 11.9. The number of imide groups is 1. The molecule has 31 heavy (non-hydrogen) atoms. The Labute approximate surface area is 180 Å². The highest BCUT2D eigenvalue weighted by Gasteiger charge is 2.39. The summed E-state index contributed by atoms with van der Waals surface area (Å²) in [6.07, 6.45) is 2.23. The van der Waals surface area contributed by atoms with Crippen LogP contribution in [0.15, 0.2) is 23.1 Å². The third kappa shape index (κ3) is 3.73. The lowest BCUT2D eigenvalue weighted by atomic mass is 9.99. The predicted molar refractivity (Wildman–Crippen MR) is 112 cm³/mol. The Balaban J connectivity index is 1.88. The van der Waals surface area contributed by atoms with E-state index in [9.17, 15) is 23.1 Å². The van der Waals surface area contributed by atoms with Crippen molar-refractivity contribution in [2.75, 3.05) is 39.5 Å². The van der Waals surface area contributed by atoms with Crippen LogP contribution in [0, 0.1) is 0 Å². The van der Waals surface area contributed by atoms with E-state index >= 15 is 0 Å². The zero-order valence-electron chi connectivity index (χ0n) is 17.3. The maximum Gasteiger partial charge on any atom is 0.263 e. The molecule has 0 atom stereocenters. The van der Waals surface area contributed by atoms with Crippen LogP contribution in [0.1, 0.15) is 46.2 Å². The van der Waals surface area contributed by atoms with Gasteiger partial charge in [0.2, 0.25) is 10.0 Å². The Hall–Kier alpha value is -2.40. The molecule has 1 N–H and O–H groups in total. The van der Waals surface area contributed by atoms with Crippen molar-refractivity contribution < 1.29 is 27.9 Å². The van der Waals surface area contributed by atoms with Crippen molar-refractivity contribution in [3.05, 3.63) is 35.0 Å². The van der Waals surface area contributed by atoms with Gasteiger partial charge in [0.25, 0.3) is 11.8 Å². The zero-order chi connectivity index (χ0) is 22.2. The highest BCUT2D eigenvalue weighted by atomic mass is 32.2. The molecular weight excluding hydrogens is 422 g/mol. The van der Waals surface area contributed by atoms with E-state index in [1.54, 1.807) is 6.07 Å². The molecule has 2 aromatic rings. The van der Waals surface area contributed by atoms with Gasteiger partial charge in [-0.1, -0.05) is 13.3 Å². The number of rotatable bonds is 7. The number of fused-ring (bicyclic) bond motifs is 3. The Kier molecular flexibility index (Phi) is 6.07. The number of aromatic nitrogens is 1. The number of amides is 2. The molecule has 1 saturated heterocycles. The third-order valence-electron chi connectivity index (χ3n) is 5.65. The normalized spacial score (nSPS) is 17.5. The second-order valence-electron chi connectivity index (χ2n) is 7.59. The van der Waals surface area contributed by atoms with Gasteiger partial charge in [-0.3, -0.25) is 19.5 Å². The van der Waals surface area contributed by atoms with Crippen LogP contribution in [-0.4, -0.2) is 79.0 Å². The van der Waals surface area contributed by atoms with Gasteiger partial charge in [-0.25, -0.2) is 8.42 Å². The van der Waals surface area contributed by atoms with Crippen molar-refractivity contribution >= 4 is 32.7 Å². The van der Waals surface area contributed by atoms with E-state index in [0.717, 1.165) is 17.7 Å². The quantitative estimate of drug-likeness (QED) is 0.634. The number of hydrogen-bond acceptors (Lipinski definition) is 7. The largest absolute Gasteiger partial charge is 0.395 e. The number of pyridine rings is 1. The fourth-order valence-corrected chi connectivity index (χ4v) is 5.47. The SMILES string of the molecule is CCCCc1nc2ccc(S(=O)(=O)N3CCOCC3)cc2c2c1C(=O)N(CCO)C2=O. The van der Waals surface area contributed by atoms with E-state index in [1.165, 1.54) is 16.4 Å². The monoisotopic (exact) mass is 447 g/mol. The number of unbranched alkanes of at least 4 members (excludes halogenated alkanes) is 1. The van der Waals surface area contributed by atoms with Crippen LogP contribution < -0.4 is 0 Å². The fourth-order valence-electron chi connectivity index (χ4n) is 4.03. The molecule has 0 spiro atoms. The predicted octanol–water partition coefficient (Wildman–Crippen LogP) is 1.19. The van der Waals surface area contributed by atoms with E-state index in [-0.39, 0.29) is 42.3 Å². The second-order valence-corrected chi connectivity index (χ2v) is 9.53. The summed E-state index contributed by atoms with van der Waals surface area (Å²) in [5.41, 5.74) is 1.40. The molecule has 1 aromatic heterocycles. The average molecular weight is 448 g/mol. The Morgan fingerprint density at radius 3 is 2.52 bits per heavy atom. The number of hydrogen-bond donors (Lipinski definition) is 1. The van der Waals surface area contributed by atoms with Crippen LogP contribution in [0.5, 0.6) is 0 Å². The third-order valence-corrected chi connectivity index (χ3v) is 7.54. The van der Waals surface area contributed by atoms with Crippen molar-refractivity contribution in [1.82, 2.24) is 14.2 Å². The molecule has 0 aliphatic carbocycles. The van der Waals surface area contributed by atoms with Gasteiger partial charge in [0.1, 0.15) is 0 Å². The molecule has 1 aromatic carbocycles. The number of nitrogens with zero attached hydrogens (tertiary/aromatic N) is 3. The zero-order valence-corrected chi connectivity index (χ0v) is 18.2. The number of carbonyl (C=O) groups excluding carboxylic acids is 2. The number of ether oxygens (including phenoxy) is 1. The number of benzene rings is 1. The van der Waals surface area contributed by atoms with E-state index in [4.69, 9.17) is 4.74 Å². The number of carbonyl (C=O) groups is 2. The molecule has 2 aliphatic heterocycles. The lowest BCUT2D eigenvalue weighted by Crippen LogP contribution is -2.40. The summed E-state index contributed by atoms with van der Waals surface area (Å²) in [6.45, 7) is 2.73. The summed E-state index contributed by atoms with van der Waals surface area (Å²) in [6, 6.07) is 4.51. The smallest absolute Gasteiger partial charge is 0.263 e. The topological polar surface area (TPSA) is 117 Å². The summed E-state index contributed by atoms with van der Waals surface area (Å²) in [7, 11) is -3.77. The van der Waals surface area contributed by atoms with E-state index in [2.05, 4.69) is 4.98 Å². The number of morpholine rings is 1. The van der Waals surface area contributed by atoms with Crippen molar-refractivity contribution in [3.63, 3.8) is 0 Å². The highest BCUT2D eigenvalue weighted by Crippen LogP contribution is 2.34. The molecule has 4 rings (SSSR count). The minimum Gasteiger partial charge on any atom is -0.395 e. The van der Waals surface area contributed by atoms with Gasteiger partial charge >= 0.3 is 0 Å². The Morgan fingerprint density at radius 2 is 1.84 bits per heavy atom. The molecule has 0 unspecified atom stereocenters. The molecule has 0 saturated carbocycles. The number of aryl methyl sites for hydroxylation is 1. The molecule has 1 fully saturated rings. The first-order valence-electron chi connectivity index (χ1n) is 10.4. The van der Waals surface area contributed by atoms with Gasteiger partial charge < -0.3 is 9.84 Å². The van der Waals surface area contributed by atoms with Gasteiger partial charge in [0.05, 0.1) is 53.6 Å². The van der Waals surface area contributed by atoms with Gasteiger partial charge in [-0.05, 0) is 31.0 Å². The highest BCUT2D eigenvalue weighted by molar-refractivity contribution is 7.89. The molecule has 9 nitrogen and oxygen atoms in total. The van der Waals surface area contributed by atoms with Crippen LogP contribution in [0.2, 0.25) is 0 Å². The molecular formula is C21H25N3O6S. The minimum atomic E-state index is -3.77. The van der Waals surface area contributed by atoms with Crippen LogP contribution in [-0.2, 0) is 21.2 Å². The minimum absolute atomic E-state index is 0.0491. The van der Waals surface area contributed by atoms with Crippen LogP contribution >= 0.6 is 0 Å². The van der Waals surface area contributed by atoms with Crippen LogP contribution in [0.25, 0.3) is 10.9 Å². The van der Waals surface area contributed by atoms with Gasteiger partial charge in [-0.15, -0.1) is 0 Å². The number of sulfonamides is 1. The summed E-state index contributed by atoms with van der Waals surface area (Å²) in [5.74, 6) is -1.02.